The first-order chi connectivity index (χ1) is 16.6. The second kappa shape index (κ2) is 9.69. The molecular formula is C26H25N3O4S. The number of carbonyl (C=O) groups is 2. The molecule has 1 aromatic carbocycles. The summed E-state index contributed by atoms with van der Waals surface area (Å²) in [6.07, 6.45) is 9.10. The smallest absolute Gasteiger partial charge is 0.254 e. The van der Waals surface area contributed by atoms with E-state index in [1.54, 1.807) is 25.8 Å². The fourth-order valence-corrected chi connectivity index (χ4v) is 5.64. The molecule has 174 valence electrons. The van der Waals surface area contributed by atoms with Crippen LogP contribution in [-0.4, -0.2) is 23.9 Å². The molecule has 0 saturated carbocycles. The third-order valence-electron chi connectivity index (χ3n) is 6.04. The van der Waals surface area contributed by atoms with Gasteiger partial charge in [-0.25, -0.2) is 0 Å². The van der Waals surface area contributed by atoms with Crippen LogP contribution in [0.5, 0.6) is 5.75 Å². The van der Waals surface area contributed by atoms with Gasteiger partial charge in [0.25, 0.3) is 5.91 Å². The molecular weight excluding hydrogens is 450 g/mol. The molecule has 5 rings (SSSR count). The summed E-state index contributed by atoms with van der Waals surface area (Å²) >= 11 is 1.51. The van der Waals surface area contributed by atoms with E-state index in [1.165, 1.54) is 16.2 Å². The van der Waals surface area contributed by atoms with Crippen LogP contribution in [0.2, 0.25) is 0 Å². The maximum Gasteiger partial charge on any atom is 0.254 e. The van der Waals surface area contributed by atoms with Gasteiger partial charge in [0.15, 0.2) is 0 Å². The highest BCUT2D eigenvalue weighted by molar-refractivity contribution is 7.17. The van der Waals surface area contributed by atoms with Crippen molar-refractivity contribution in [2.24, 2.45) is 0 Å². The molecule has 7 nitrogen and oxygen atoms in total. The molecule has 34 heavy (non-hydrogen) atoms. The number of carbonyl (C=O) groups excluding carboxylic acids is 2. The number of fused-ring (bicyclic) bond motifs is 2. The zero-order valence-corrected chi connectivity index (χ0v) is 19.7. The number of nitrogens with one attached hydrogen (secondary N) is 2. The Bertz CT molecular complexity index is 1340. The van der Waals surface area contributed by atoms with Crippen LogP contribution in [0.3, 0.4) is 0 Å². The van der Waals surface area contributed by atoms with Crippen LogP contribution in [0.4, 0.5) is 5.00 Å². The zero-order valence-electron chi connectivity index (χ0n) is 18.8. The number of methoxy groups -OCH3 is 1. The number of nitrogens with zero attached hydrogens (tertiary/aromatic N) is 1. The average Bonchev–Trinajstić information content (AvgIpc) is 3.43. The molecule has 0 radical (unpaired) electrons. The second-order valence-electron chi connectivity index (χ2n) is 8.31. The molecule has 4 aromatic rings. The molecule has 3 heterocycles. The van der Waals surface area contributed by atoms with Crippen LogP contribution in [-0.2, 0) is 30.6 Å². The van der Waals surface area contributed by atoms with Crippen molar-refractivity contribution in [2.45, 2.75) is 38.6 Å². The summed E-state index contributed by atoms with van der Waals surface area (Å²) < 4.78 is 10.9. The summed E-state index contributed by atoms with van der Waals surface area (Å²) in [5, 5.41) is 7.47. The van der Waals surface area contributed by atoms with Crippen LogP contribution < -0.4 is 15.4 Å². The van der Waals surface area contributed by atoms with E-state index in [1.807, 2.05) is 30.3 Å². The number of furan rings is 1. The minimum atomic E-state index is -0.189. The fourth-order valence-electron chi connectivity index (χ4n) is 4.34. The minimum Gasteiger partial charge on any atom is -0.497 e. The molecule has 2 amide bonds. The fraction of sp³-hybridized carbons (Fsp3) is 0.269. The molecule has 8 heteroatoms. The van der Waals surface area contributed by atoms with Gasteiger partial charge in [0.1, 0.15) is 16.3 Å². The van der Waals surface area contributed by atoms with E-state index in [2.05, 4.69) is 15.6 Å². The van der Waals surface area contributed by atoms with Gasteiger partial charge in [-0.15, -0.1) is 11.3 Å². The quantitative estimate of drug-likeness (QED) is 0.397. The average molecular weight is 476 g/mol. The first-order valence-electron chi connectivity index (χ1n) is 11.3. The van der Waals surface area contributed by atoms with Gasteiger partial charge < -0.3 is 19.8 Å². The summed E-state index contributed by atoms with van der Waals surface area (Å²) in [7, 11) is 1.60. The van der Waals surface area contributed by atoms with E-state index in [9.17, 15) is 9.59 Å². The third-order valence-corrected chi connectivity index (χ3v) is 7.25. The number of hydrogen-bond donors (Lipinski definition) is 2. The molecule has 1 aliphatic rings. The maximum atomic E-state index is 13.2. The van der Waals surface area contributed by atoms with E-state index in [4.69, 9.17) is 9.15 Å². The first-order valence-corrected chi connectivity index (χ1v) is 12.1. The molecule has 1 aliphatic carbocycles. The van der Waals surface area contributed by atoms with Crippen molar-refractivity contribution in [3.8, 4) is 5.75 Å². The van der Waals surface area contributed by atoms with Gasteiger partial charge in [0.05, 0.1) is 25.4 Å². The number of rotatable bonds is 7. The second-order valence-corrected chi connectivity index (χ2v) is 9.41. The molecule has 0 spiro atoms. The highest BCUT2D eigenvalue weighted by Gasteiger charge is 2.26. The van der Waals surface area contributed by atoms with Crippen LogP contribution in [0.15, 0.2) is 53.4 Å². The molecule has 0 bridgehead atoms. The minimum absolute atomic E-state index is 0.138. The topological polar surface area (TPSA) is 93.5 Å². The lowest BCUT2D eigenvalue weighted by Crippen LogP contribution is -2.25. The van der Waals surface area contributed by atoms with E-state index in [0.29, 0.717) is 28.4 Å². The van der Waals surface area contributed by atoms with Crippen molar-refractivity contribution >= 4 is 39.1 Å². The molecule has 0 aliphatic heterocycles. The largest absolute Gasteiger partial charge is 0.497 e. The van der Waals surface area contributed by atoms with Crippen molar-refractivity contribution in [1.29, 1.82) is 0 Å². The number of anilines is 1. The third kappa shape index (κ3) is 4.54. The molecule has 0 unspecified atom stereocenters. The SMILES string of the molecule is COc1ccc2occ(CC(=O)Nc3sc4c(c3C(=O)NCc3cccnc3)CCCC4)c2c1. The summed E-state index contributed by atoms with van der Waals surface area (Å²) in [4.78, 5) is 31.5. The van der Waals surface area contributed by atoms with Crippen molar-refractivity contribution in [3.05, 3.63) is 76.1 Å². The summed E-state index contributed by atoms with van der Waals surface area (Å²) in [5.41, 5.74) is 4.05. The number of amides is 2. The van der Waals surface area contributed by atoms with Gasteiger partial charge in [-0.1, -0.05) is 6.07 Å². The van der Waals surface area contributed by atoms with Gasteiger partial charge in [0.2, 0.25) is 5.91 Å². The normalized spacial score (nSPS) is 12.9. The van der Waals surface area contributed by atoms with Gasteiger partial charge in [-0.2, -0.15) is 0 Å². The molecule has 3 aromatic heterocycles. The van der Waals surface area contributed by atoms with Crippen LogP contribution in [0.1, 0.15) is 44.8 Å². The monoisotopic (exact) mass is 475 g/mol. The molecule has 2 N–H and O–H groups in total. The highest BCUT2D eigenvalue weighted by Crippen LogP contribution is 2.38. The lowest BCUT2D eigenvalue weighted by atomic mass is 9.95. The number of aryl methyl sites for hydroxylation is 1. The number of hydrogen-bond acceptors (Lipinski definition) is 6. The van der Waals surface area contributed by atoms with Gasteiger partial charge in [0, 0.05) is 34.8 Å². The van der Waals surface area contributed by atoms with E-state index < -0.39 is 0 Å². The van der Waals surface area contributed by atoms with E-state index in [0.717, 1.165) is 47.8 Å². The van der Waals surface area contributed by atoms with Crippen LogP contribution in [0, 0.1) is 0 Å². The first kappa shape index (κ1) is 22.2. The Balaban J connectivity index is 1.36. The Morgan fingerprint density at radius 2 is 2.09 bits per heavy atom. The molecule has 0 saturated heterocycles. The number of aromatic nitrogens is 1. The number of thiophene rings is 1. The van der Waals surface area contributed by atoms with E-state index >= 15 is 0 Å². The van der Waals surface area contributed by atoms with Crippen molar-refractivity contribution in [2.75, 3.05) is 12.4 Å². The number of pyridine rings is 1. The Hall–Kier alpha value is -3.65. The Kier molecular flexibility index (Phi) is 6.31. The number of benzene rings is 1. The van der Waals surface area contributed by atoms with Crippen LogP contribution in [0.25, 0.3) is 11.0 Å². The van der Waals surface area contributed by atoms with Gasteiger partial charge in [-0.3, -0.25) is 14.6 Å². The lowest BCUT2D eigenvalue weighted by Gasteiger charge is -2.13. The Morgan fingerprint density at radius 1 is 1.21 bits per heavy atom. The van der Waals surface area contributed by atoms with Crippen molar-refractivity contribution < 1.29 is 18.7 Å². The van der Waals surface area contributed by atoms with Crippen LogP contribution >= 0.6 is 11.3 Å². The van der Waals surface area contributed by atoms with Gasteiger partial charge >= 0.3 is 0 Å². The lowest BCUT2D eigenvalue weighted by molar-refractivity contribution is -0.115. The van der Waals surface area contributed by atoms with Crippen molar-refractivity contribution in [3.63, 3.8) is 0 Å². The predicted molar refractivity (Wildman–Crippen MR) is 131 cm³/mol. The van der Waals surface area contributed by atoms with Gasteiger partial charge in [-0.05, 0) is 61.1 Å². The van der Waals surface area contributed by atoms with E-state index in [-0.39, 0.29) is 18.2 Å². The maximum absolute atomic E-state index is 13.2. The zero-order chi connectivity index (χ0) is 23.5. The summed E-state index contributed by atoms with van der Waals surface area (Å²) in [5.74, 6) is 0.344. The standard InChI is InChI=1S/C26H25N3O4S/c1-32-18-8-9-21-20(12-18)17(15-33-21)11-23(30)29-26-24(19-6-2-3-7-22(19)34-26)25(31)28-14-16-5-4-10-27-13-16/h4-5,8-10,12-13,15H,2-3,6-7,11,14H2,1H3,(H,28,31)(H,29,30). The van der Waals surface area contributed by atoms with Crippen molar-refractivity contribution in [1.82, 2.24) is 10.3 Å². The molecule has 0 fully saturated rings. The predicted octanol–water partition coefficient (Wildman–Crippen LogP) is 4.89. The highest BCUT2D eigenvalue weighted by atomic mass is 32.1. The number of ether oxygens (including phenoxy) is 1. The summed E-state index contributed by atoms with van der Waals surface area (Å²) in [6.45, 7) is 0.382. The Morgan fingerprint density at radius 3 is 2.91 bits per heavy atom. The Labute approximate surface area is 201 Å². The summed E-state index contributed by atoms with van der Waals surface area (Å²) in [6, 6.07) is 9.27. The molecule has 0 atom stereocenters.